The van der Waals surface area contributed by atoms with Crippen LogP contribution in [0.2, 0.25) is 0 Å². The van der Waals surface area contributed by atoms with Crippen LogP contribution in [0.5, 0.6) is 0 Å². The van der Waals surface area contributed by atoms with E-state index < -0.39 is 11.9 Å². The molecule has 0 aromatic carbocycles. The van der Waals surface area contributed by atoms with Crippen molar-refractivity contribution in [3.05, 3.63) is 0 Å². The Morgan fingerprint density at radius 2 is 1.52 bits per heavy atom. The van der Waals surface area contributed by atoms with E-state index in [-0.39, 0.29) is 49.9 Å². The predicted molar refractivity (Wildman–Crippen MR) is 80.9 cm³/mol. The topological polar surface area (TPSA) is 98.8 Å². The maximum atomic E-state index is 11.8. The number of hydrogen-bond donors (Lipinski definition) is 1. The van der Waals surface area contributed by atoms with Crippen molar-refractivity contribution in [2.45, 2.75) is 64.7 Å². The second kappa shape index (κ2) is 10.7. The van der Waals surface area contributed by atoms with E-state index in [0.717, 1.165) is 32.1 Å². The fourth-order valence-electron chi connectivity index (χ4n) is 2.45. The molecular weight excluding hydrogens is 302 g/mol. The van der Waals surface area contributed by atoms with Gasteiger partial charge in [-0.05, 0) is 19.8 Å². The van der Waals surface area contributed by atoms with Gasteiger partial charge in [-0.2, -0.15) is 5.48 Å². The fourth-order valence-corrected chi connectivity index (χ4v) is 2.45. The molecule has 130 valence electrons. The number of amides is 1. The molecule has 0 bridgehead atoms. The minimum atomic E-state index is -0.654. The molecule has 1 aliphatic carbocycles. The SMILES string of the molecule is CCOC(=O)CCC(=O)CCC(=O)ONC(=O)C1CCCCC1. The molecule has 0 aromatic heterocycles. The van der Waals surface area contributed by atoms with Crippen molar-refractivity contribution in [3.63, 3.8) is 0 Å². The summed E-state index contributed by atoms with van der Waals surface area (Å²) in [5.41, 5.74) is 2.17. The van der Waals surface area contributed by atoms with E-state index in [2.05, 4.69) is 10.3 Å². The number of ether oxygens (including phenoxy) is 1. The summed E-state index contributed by atoms with van der Waals surface area (Å²) in [6, 6.07) is 0. The standard InChI is InChI=1S/C16H25NO6/c1-2-22-14(19)10-8-13(18)9-11-15(20)23-17-16(21)12-6-4-3-5-7-12/h12H,2-11H2,1H3,(H,17,21). The quantitative estimate of drug-likeness (QED) is 0.539. The van der Waals surface area contributed by atoms with Crippen molar-refractivity contribution in [1.29, 1.82) is 0 Å². The first-order chi connectivity index (χ1) is 11.0. The number of ketones is 1. The number of nitrogens with one attached hydrogen (secondary N) is 1. The van der Waals surface area contributed by atoms with Crippen LogP contribution in [0.1, 0.15) is 64.7 Å². The summed E-state index contributed by atoms with van der Waals surface area (Å²) in [5, 5.41) is 0. The van der Waals surface area contributed by atoms with Crippen LogP contribution in [0.4, 0.5) is 0 Å². The van der Waals surface area contributed by atoms with Gasteiger partial charge < -0.3 is 9.57 Å². The molecule has 0 saturated heterocycles. The average molecular weight is 327 g/mol. The fraction of sp³-hybridized carbons (Fsp3) is 0.750. The highest BCUT2D eigenvalue weighted by molar-refractivity contribution is 5.86. The lowest BCUT2D eigenvalue weighted by molar-refractivity contribution is -0.160. The maximum Gasteiger partial charge on any atom is 0.332 e. The smallest absolute Gasteiger partial charge is 0.332 e. The molecule has 0 atom stereocenters. The van der Waals surface area contributed by atoms with E-state index >= 15 is 0 Å². The summed E-state index contributed by atoms with van der Waals surface area (Å²) in [6.07, 6.45) is 4.72. The van der Waals surface area contributed by atoms with E-state index in [9.17, 15) is 19.2 Å². The zero-order valence-corrected chi connectivity index (χ0v) is 13.6. The lowest BCUT2D eigenvalue weighted by Crippen LogP contribution is -2.33. The minimum Gasteiger partial charge on any atom is -0.466 e. The molecule has 1 saturated carbocycles. The molecule has 7 nitrogen and oxygen atoms in total. The van der Waals surface area contributed by atoms with Crippen LogP contribution in [-0.2, 0) is 28.8 Å². The van der Waals surface area contributed by atoms with Gasteiger partial charge in [0.05, 0.1) is 19.4 Å². The van der Waals surface area contributed by atoms with Crippen LogP contribution in [0, 0.1) is 5.92 Å². The average Bonchev–Trinajstić information content (AvgIpc) is 2.57. The Balaban J connectivity index is 2.12. The van der Waals surface area contributed by atoms with Gasteiger partial charge in [0.1, 0.15) is 5.78 Å². The van der Waals surface area contributed by atoms with Crippen LogP contribution in [-0.4, -0.2) is 30.2 Å². The number of Topliss-reactive ketones (excluding diaryl/α,β-unsaturated/α-hetero) is 1. The highest BCUT2D eigenvalue weighted by Gasteiger charge is 2.22. The van der Waals surface area contributed by atoms with Gasteiger partial charge in [-0.15, -0.1) is 0 Å². The highest BCUT2D eigenvalue weighted by atomic mass is 16.7. The first-order valence-corrected chi connectivity index (χ1v) is 8.19. The molecular formula is C16H25NO6. The second-order valence-corrected chi connectivity index (χ2v) is 5.62. The normalized spacial score (nSPS) is 14.8. The molecule has 0 aromatic rings. The summed E-state index contributed by atoms with van der Waals surface area (Å²) in [6.45, 7) is 1.97. The van der Waals surface area contributed by atoms with Gasteiger partial charge in [0.25, 0.3) is 5.91 Å². The third kappa shape index (κ3) is 8.32. The Hall–Kier alpha value is -1.92. The molecule has 0 aliphatic heterocycles. The molecule has 1 aliphatic rings. The zero-order chi connectivity index (χ0) is 17.1. The van der Waals surface area contributed by atoms with Crippen LogP contribution in [0.25, 0.3) is 0 Å². The van der Waals surface area contributed by atoms with Gasteiger partial charge in [0, 0.05) is 18.8 Å². The molecule has 1 fully saturated rings. The van der Waals surface area contributed by atoms with E-state index in [1.807, 2.05) is 0 Å². The minimum absolute atomic E-state index is 0.0140. The van der Waals surface area contributed by atoms with Crippen molar-refractivity contribution in [3.8, 4) is 0 Å². The summed E-state index contributed by atoms with van der Waals surface area (Å²) in [7, 11) is 0. The van der Waals surface area contributed by atoms with Crippen molar-refractivity contribution >= 4 is 23.6 Å². The predicted octanol–water partition coefficient (Wildman–Crippen LogP) is 1.83. The van der Waals surface area contributed by atoms with Gasteiger partial charge in [-0.1, -0.05) is 19.3 Å². The van der Waals surface area contributed by atoms with Gasteiger partial charge >= 0.3 is 11.9 Å². The lowest BCUT2D eigenvalue weighted by atomic mass is 9.89. The van der Waals surface area contributed by atoms with Crippen molar-refractivity contribution in [2.75, 3.05) is 6.61 Å². The van der Waals surface area contributed by atoms with Gasteiger partial charge in [-0.25, -0.2) is 4.79 Å². The Kier molecular flexibility index (Phi) is 8.94. The van der Waals surface area contributed by atoms with Crippen LogP contribution >= 0.6 is 0 Å². The third-order valence-electron chi connectivity index (χ3n) is 3.76. The largest absolute Gasteiger partial charge is 0.466 e. The molecule has 0 spiro atoms. The van der Waals surface area contributed by atoms with Crippen molar-refractivity contribution in [2.24, 2.45) is 5.92 Å². The third-order valence-corrected chi connectivity index (χ3v) is 3.76. The molecule has 23 heavy (non-hydrogen) atoms. The Labute approximate surface area is 136 Å². The summed E-state index contributed by atoms with van der Waals surface area (Å²) >= 11 is 0. The number of esters is 1. The second-order valence-electron chi connectivity index (χ2n) is 5.62. The number of carbonyl (C=O) groups is 4. The number of hydrogen-bond acceptors (Lipinski definition) is 6. The number of rotatable bonds is 8. The van der Waals surface area contributed by atoms with E-state index in [1.54, 1.807) is 6.92 Å². The first kappa shape index (κ1) is 19.1. The molecule has 7 heteroatoms. The summed E-state index contributed by atoms with van der Waals surface area (Å²) < 4.78 is 4.71. The molecule has 1 N–H and O–H groups in total. The van der Waals surface area contributed by atoms with Gasteiger partial charge in [-0.3, -0.25) is 14.4 Å². The Morgan fingerprint density at radius 3 is 2.13 bits per heavy atom. The first-order valence-electron chi connectivity index (χ1n) is 8.19. The molecule has 0 heterocycles. The molecule has 1 rings (SSSR count). The number of carbonyl (C=O) groups excluding carboxylic acids is 4. The molecule has 0 radical (unpaired) electrons. The maximum absolute atomic E-state index is 11.8. The monoisotopic (exact) mass is 327 g/mol. The summed E-state index contributed by atoms with van der Waals surface area (Å²) in [5.74, 6) is -1.66. The zero-order valence-electron chi connectivity index (χ0n) is 13.6. The number of hydroxylamine groups is 1. The van der Waals surface area contributed by atoms with Crippen LogP contribution < -0.4 is 5.48 Å². The lowest BCUT2D eigenvalue weighted by Gasteiger charge is -2.20. The van der Waals surface area contributed by atoms with Crippen molar-refractivity contribution in [1.82, 2.24) is 5.48 Å². The Bertz CT molecular complexity index is 428. The Morgan fingerprint density at radius 1 is 0.913 bits per heavy atom. The van der Waals surface area contributed by atoms with Gasteiger partial charge in [0.2, 0.25) is 0 Å². The van der Waals surface area contributed by atoms with Gasteiger partial charge in [0.15, 0.2) is 0 Å². The van der Waals surface area contributed by atoms with E-state index in [4.69, 9.17) is 4.74 Å². The highest BCUT2D eigenvalue weighted by Crippen LogP contribution is 2.23. The van der Waals surface area contributed by atoms with Crippen molar-refractivity contribution < 1.29 is 28.8 Å². The van der Waals surface area contributed by atoms with E-state index in [0.29, 0.717) is 0 Å². The summed E-state index contributed by atoms with van der Waals surface area (Å²) in [4.78, 5) is 50.6. The molecule has 0 unspecified atom stereocenters. The van der Waals surface area contributed by atoms with Crippen LogP contribution in [0.15, 0.2) is 0 Å². The molecule has 1 amide bonds. The van der Waals surface area contributed by atoms with Crippen LogP contribution in [0.3, 0.4) is 0 Å². The van der Waals surface area contributed by atoms with E-state index in [1.165, 1.54) is 0 Å².